The molecule has 0 saturated carbocycles. The zero-order valence-corrected chi connectivity index (χ0v) is 19.8. The van der Waals surface area contributed by atoms with E-state index in [4.69, 9.17) is 0 Å². The summed E-state index contributed by atoms with van der Waals surface area (Å²) in [4.78, 5) is 5.46. The van der Waals surface area contributed by atoms with Gasteiger partial charge in [-0.05, 0) is 31.0 Å². The van der Waals surface area contributed by atoms with Gasteiger partial charge in [-0.1, -0.05) is 30.3 Å². The highest BCUT2D eigenvalue weighted by atomic mass is 127. The molecule has 0 saturated heterocycles. The van der Waals surface area contributed by atoms with Crippen LogP contribution in [0.1, 0.15) is 17.4 Å². The molecule has 0 radical (unpaired) electrons. The number of hydrogen-bond donors (Lipinski definition) is 2. The van der Waals surface area contributed by atoms with E-state index in [-0.39, 0.29) is 24.0 Å². The molecule has 6 nitrogen and oxygen atoms in total. The van der Waals surface area contributed by atoms with E-state index in [0.717, 1.165) is 30.3 Å². The number of sulfonamides is 1. The minimum atomic E-state index is -3.38. The highest BCUT2D eigenvalue weighted by molar-refractivity contribution is 14.0. The molecule has 0 spiro atoms. The fourth-order valence-electron chi connectivity index (χ4n) is 2.23. The van der Waals surface area contributed by atoms with Gasteiger partial charge in [0, 0.05) is 32.1 Å². The molecule has 2 rings (SSSR count). The summed E-state index contributed by atoms with van der Waals surface area (Å²) >= 11 is 1.26. The Morgan fingerprint density at radius 1 is 1.11 bits per heavy atom. The van der Waals surface area contributed by atoms with Gasteiger partial charge in [0.15, 0.2) is 5.96 Å². The number of aliphatic imine (C=N–C) groups is 1. The Hall–Kier alpha value is -1.17. The Morgan fingerprint density at radius 2 is 1.81 bits per heavy atom. The van der Waals surface area contributed by atoms with E-state index in [1.807, 2.05) is 31.2 Å². The van der Waals surface area contributed by atoms with E-state index in [1.165, 1.54) is 35.3 Å². The van der Waals surface area contributed by atoms with Gasteiger partial charge in [-0.25, -0.2) is 17.7 Å². The molecule has 1 heterocycles. The normalized spacial score (nSPS) is 11.9. The van der Waals surface area contributed by atoms with Gasteiger partial charge in [-0.3, -0.25) is 0 Å². The number of thiophene rings is 1. The molecule has 0 aliphatic rings. The van der Waals surface area contributed by atoms with Crippen LogP contribution < -0.4 is 10.6 Å². The third-order valence-electron chi connectivity index (χ3n) is 3.66. The summed E-state index contributed by atoms with van der Waals surface area (Å²) in [7, 11) is -0.308. The maximum atomic E-state index is 12.1. The molecule has 2 aromatic rings. The second kappa shape index (κ2) is 11.6. The quantitative estimate of drug-likeness (QED) is 0.318. The van der Waals surface area contributed by atoms with Crippen molar-refractivity contribution in [1.29, 1.82) is 0 Å². The molecular formula is C18H27IN4O2S2. The van der Waals surface area contributed by atoms with Crippen LogP contribution in [0.5, 0.6) is 0 Å². The second-order valence-electron chi connectivity index (χ2n) is 5.87. The first-order valence-corrected chi connectivity index (χ1v) is 10.8. The van der Waals surface area contributed by atoms with E-state index in [0.29, 0.717) is 10.8 Å². The lowest BCUT2D eigenvalue weighted by Crippen LogP contribution is -2.38. The molecule has 150 valence electrons. The number of nitrogens with one attached hydrogen (secondary N) is 2. The monoisotopic (exact) mass is 522 g/mol. The van der Waals surface area contributed by atoms with Gasteiger partial charge in [0.1, 0.15) is 4.21 Å². The van der Waals surface area contributed by atoms with E-state index in [2.05, 4.69) is 27.8 Å². The fraction of sp³-hybridized carbons (Fsp3) is 0.389. The smallest absolute Gasteiger partial charge is 0.252 e. The summed E-state index contributed by atoms with van der Waals surface area (Å²) in [5, 5.41) is 6.52. The molecule has 0 fully saturated rings. The number of guanidine groups is 1. The first-order valence-electron chi connectivity index (χ1n) is 8.51. The SMILES string of the molecule is CCNC(=NCc1ccc(S(=O)(=O)N(C)C)s1)NCCc1ccccc1.I. The van der Waals surface area contributed by atoms with Crippen LogP contribution in [0.2, 0.25) is 0 Å². The predicted molar refractivity (Wildman–Crippen MR) is 124 cm³/mol. The first-order chi connectivity index (χ1) is 12.4. The van der Waals surface area contributed by atoms with Crippen molar-refractivity contribution in [3.8, 4) is 0 Å². The summed E-state index contributed by atoms with van der Waals surface area (Å²) in [5.41, 5.74) is 1.27. The van der Waals surface area contributed by atoms with Crippen molar-refractivity contribution in [1.82, 2.24) is 14.9 Å². The number of benzene rings is 1. The standard InChI is InChI=1S/C18H26N4O2S2.HI/c1-4-19-18(20-13-12-15-8-6-5-7-9-15)21-14-16-10-11-17(25-16)26(23,24)22(2)3;/h5-11H,4,12-14H2,1-3H3,(H2,19,20,21);1H. The molecule has 0 bridgehead atoms. The fourth-order valence-corrected chi connectivity index (χ4v) is 4.68. The minimum Gasteiger partial charge on any atom is -0.357 e. The lowest BCUT2D eigenvalue weighted by molar-refractivity contribution is 0.523. The highest BCUT2D eigenvalue weighted by Crippen LogP contribution is 2.24. The van der Waals surface area contributed by atoms with Crippen molar-refractivity contribution in [3.63, 3.8) is 0 Å². The van der Waals surface area contributed by atoms with Crippen LogP contribution in [0.25, 0.3) is 0 Å². The molecule has 0 atom stereocenters. The summed E-state index contributed by atoms with van der Waals surface area (Å²) in [6, 6.07) is 13.7. The molecule has 27 heavy (non-hydrogen) atoms. The van der Waals surface area contributed by atoms with Crippen molar-refractivity contribution in [2.45, 2.75) is 24.1 Å². The van der Waals surface area contributed by atoms with E-state index in [1.54, 1.807) is 6.07 Å². The second-order valence-corrected chi connectivity index (χ2v) is 9.41. The summed E-state index contributed by atoms with van der Waals surface area (Å²) in [6.45, 7) is 4.00. The van der Waals surface area contributed by atoms with E-state index in [9.17, 15) is 8.42 Å². The topological polar surface area (TPSA) is 73.8 Å². The molecule has 1 aromatic heterocycles. The van der Waals surface area contributed by atoms with Crippen LogP contribution in [0, 0.1) is 0 Å². The highest BCUT2D eigenvalue weighted by Gasteiger charge is 2.19. The predicted octanol–water partition coefficient (Wildman–Crippen LogP) is 2.91. The van der Waals surface area contributed by atoms with E-state index < -0.39 is 10.0 Å². The van der Waals surface area contributed by atoms with Crippen molar-refractivity contribution in [2.24, 2.45) is 4.99 Å². The lowest BCUT2D eigenvalue weighted by Gasteiger charge is -2.11. The molecule has 0 unspecified atom stereocenters. The molecule has 2 N–H and O–H groups in total. The molecule has 0 amide bonds. The maximum Gasteiger partial charge on any atom is 0.252 e. The summed E-state index contributed by atoms with van der Waals surface area (Å²) in [6.07, 6.45) is 0.912. The Balaban J connectivity index is 0.00000364. The van der Waals surface area contributed by atoms with Crippen LogP contribution >= 0.6 is 35.3 Å². The average molecular weight is 522 g/mol. The Labute approximate surface area is 183 Å². The lowest BCUT2D eigenvalue weighted by atomic mass is 10.1. The third-order valence-corrected chi connectivity index (χ3v) is 7.01. The first kappa shape index (κ1) is 23.9. The molecule has 0 aliphatic carbocycles. The van der Waals surface area contributed by atoms with Gasteiger partial charge in [-0.15, -0.1) is 35.3 Å². The number of halogens is 1. The molecular weight excluding hydrogens is 495 g/mol. The molecule has 9 heteroatoms. The average Bonchev–Trinajstić information content (AvgIpc) is 3.10. The van der Waals surface area contributed by atoms with Crippen molar-refractivity contribution in [2.75, 3.05) is 27.2 Å². The maximum absolute atomic E-state index is 12.1. The Bertz CT molecular complexity index is 821. The van der Waals surface area contributed by atoms with Crippen LogP contribution in [0.3, 0.4) is 0 Å². The van der Waals surface area contributed by atoms with Crippen molar-refractivity contribution < 1.29 is 8.42 Å². The van der Waals surface area contributed by atoms with Crippen LogP contribution in [0.4, 0.5) is 0 Å². The van der Waals surface area contributed by atoms with Crippen LogP contribution in [-0.2, 0) is 23.0 Å². The van der Waals surface area contributed by atoms with Crippen LogP contribution in [-0.4, -0.2) is 45.9 Å². The van der Waals surface area contributed by atoms with Crippen molar-refractivity contribution in [3.05, 3.63) is 52.9 Å². The Kier molecular flexibility index (Phi) is 10.3. The van der Waals surface area contributed by atoms with Gasteiger partial charge in [0.05, 0.1) is 6.54 Å². The number of nitrogens with zero attached hydrogens (tertiary/aromatic N) is 2. The van der Waals surface area contributed by atoms with Crippen molar-refractivity contribution >= 4 is 51.3 Å². The summed E-state index contributed by atoms with van der Waals surface area (Å²) in [5.74, 6) is 0.730. The van der Waals surface area contributed by atoms with E-state index >= 15 is 0 Å². The number of rotatable bonds is 8. The molecule has 1 aromatic carbocycles. The third kappa shape index (κ3) is 7.40. The van der Waals surface area contributed by atoms with Gasteiger partial charge in [0.25, 0.3) is 10.0 Å². The van der Waals surface area contributed by atoms with Gasteiger partial charge in [-0.2, -0.15) is 0 Å². The zero-order valence-electron chi connectivity index (χ0n) is 15.8. The zero-order chi connectivity index (χ0) is 19.0. The van der Waals surface area contributed by atoms with Gasteiger partial charge < -0.3 is 10.6 Å². The number of hydrogen-bond acceptors (Lipinski definition) is 4. The van der Waals surface area contributed by atoms with Crippen LogP contribution in [0.15, 0.2) is 51.7 Å². The van der Waals surface area contributed by atoms with Gasteiger partial charge >= 0.3 is 0 Å². The Morgan fingerprint density at radius 3 is 2.44 bits per heavy atom. The summed E-state index contributed by atoms with van der Waals surface area (Å²) < 4.78 is 25.8. The molecule has 0 aliphatic heterocycles. The largest absolute Gasteiger partial charge is 0.357 e. The minimum absolute atomic E-state index is 0. The van der Waals surface area contributed by atoms with Gasteiger partial charge in [0.2, 0.25) is 0 Å².